The topological polar surface area (TPSA) is 57.0 Å². The lowest BCUT2D eigenvalue weighted by Crippen LogP contribution is -2.47. The summed E-state index contributed by atoms with van der Waals surface area (Å²) in [7, 11) is 2.05. The van der Waals surface area contributed by atoms with E-state index in [0.29, 0.717) is 21.5 Å². The summed E-state index contributed by atoms with van der Waals surface area (Å²) >= 11 is 10.1. The largest absolute Gasteiger partial charge is 0.457 e. The predicted molar refractivity (Wildman–Crippen MR) is 130 cm³/mol. The van der Waals surface area contributed by atoms with Crippen LogP contribution in [0.4, 0.5) is 0 Å². The number of piperazine rings is 1. The Labute approximate surface area is 199 Å². The summed E-state index contributed by atoms with van der Waals surface area (Å²) in [4.78, 5) is 31.4. The normalized spacial score (nSPS) is 19.0. The van der Waals surface area contributed by atoms with Crippen molar-refractivity contribution in [1.82, 2.24) is 14.7 Å². The van der Waals surface area contributed by atoms with Gasteiger partial charge in [0.05, 0.1) is 4.91 Å². The molecule has 4 rings (SSSR count). The van der Waals surface area contributed by atoms with E-state index in [2.05, 4.69) is 27.9 Å². The molecule has 0 saturated carbocycles. The SMILES string of the molecule is CN1CCN(C(=O)CCN2C(=O)/C(=C\c3ccc(-c4ccc(Br)cc4)o3)SC2=S)CC1. The number of thioether (sulfide) groups is 1. The van der Waals surface area contributed by atoms with Gasteiger partial charge in [-0.1, -0.05) is 52.0 Å². The molecule has 0 radical (unpaired) electrons. The van der Waals surface area contributed by atoms with Gasteiger partial charge in [-0.05, 0) is 31.3 Å². The van der Waals surface area contributed by atoms with E-state index in [4.69, 9.17) is 16.6 Å². The second kappa shape index (κ2) is 9.68. The number of carbonyl (C=O) groups excluding carboxylic acids is 2. The molecular formula is C22H22BrN3O3S2. The number of likely N-dealkylation sites (N-methyl/N-ethyl adjacent to an activating group) is 1. The number of halogens is 1. The fourth-order valence-electron chi connectivity index (χ4n) is 3.44. The molecule has 0 bridgehead atoms. The van der Waals surface area contributed by atoms with Gasteiger partial charge < -0.3 is 14.2 Å². The minimum absolute atomic E-state index is 0.0660. The van der Waals surface area contributed by atoms with E-state index in [9.17, 15) is 9.59 Å². The lowest BCUT2D eigenvalue weighted by molar-refractivity contribution is -0.133. The Balaban J connectivity index is 1.38. The fourth-order valence-corrected chi connectivity index (χ4v) is 5.00. The van der Waals surface area contributed by atoms with Gasteiger partial charge in [0.2, 0.25) is 5.91 Å². The third kappa shape index (κ3) is 5.28. The third-order valence-electron chi connectivity index (χ3n) is 5.31. The summed E-state index contributed by atoms with van der Waals surface area (Å²) in [6, 6.07) is 11.5. The van der Waals surface area contributed by atoms with Gasteiger partial charge in [0.1, 0.15) is 15.8 Å². The van der Waals surface area contributed by atoms with Gasteiger partial charge in [-0.2, -0.15) is 0 Å². The molecule has 2 saturated heterocycles. The highest BCUT2D eigenvalue weighted by atomic mass is 79.9. The fraction of sp³-hybridized carbons (Fsp3) is 0.318. The lowest BCUT2D eigenvalue weighted by Gasteiger charge is -2.32. The maximum Gasteiger partial charge on any atom is 0.266 e. The van der Waals surface area contributed by atoms with Crippen LogP contribution in [0, 0.1) is 0 Å². The monoisotopic (exact) mass is 519 g/mol. The van der Waals surface area contributed by atoms with Crippen molar-refractivity contribution in [3.63, 3.8) is 0 Å². The number of hydrogen-bond donors (Lipinski definition) is 0. The van der Waals surface area contributed by atoms with E-state index in [-0.39, 0.29) is 18.2 Å². The number of amides is 2. The molecule has 1 aromatic heterocycles. The van der Waals surface area contributed by atoms with Crippen LogP contribution in [0.25, 0.3) is 17.4 Å². The Bertz CT molecular complexity index is 1030. The molecule has 2 aliphatic heterocycles. The molecule has 0 unspecified atom stereocenters. The molecule has 0 aliphatic carbocycles. The summed E-state index contributed by atoms with van der Waals surface area (Å²) in [5, 5.41) is 0. The first-order valence-electron chi connectivity index (χ1n) is 9.98. The summed E-state index contributed by atoms with van der Waals surface area (Å²) in [5.41, 5.74) is 0.956. The van der Waals surface area contributed by atoms with Crippen LogP contribution in [0.15, 0.2) is 50.2 Å². The molecule has 1 aromatic carbocycles. The molecule has 31 heavy (non-hydrogen) atoms. The van der Waals surface area contributed by atoms with Crippen LogP contribution < -0.4 is 0 Å². The van der Waals surface area contributed by atoms with Gasteiger partial charge in [0.25, 0.3) is 5.91 Å². The Kier molecular flexibility index (Phi) is 6.95. The molecule has 0 N–H and O–H groups in total. The van der Waals surface area contributed by atoms with Crippen LogP contribution >= 0.6 is 39.9 Å². The molecule has 2 aromatic rings. The lowest BCUT2D eigenvalue weighted by atomic mass is 10.2. The first kappa shape index (κ1) is 22.3. The van der Waals surface area contributed by atoms with Gasteiger partial charge in [0.15, 0.2) is 0 Å². The molecule has 2 amide bonds. The molecule has 9 heteroatoms. The molecule has 2 aliphatic rings. The van der Waals surface area contributed by atoms with Crippen molar-refractivity contribution in [3.8, 4) is 11.3 Å². The smallest absolute Gasteiger partial charge is 0.266 e. The number of rotatable bonds is 5. The van der Waals surface area contributed by atoms with Crippen LogP contribution in [0.5, 0.6) is 0 Å². The molecule has 162 valence electrons. The summed E-state index contributed by atoms with van der Waals surface area (Å²) in [6.07, 6.45) is 1.99. The zero-order valence-corrected chi connectivity index (χ0v) is 20.3. The Morgan fingerprint density at radius 2 is 1.87 bits per heavy atom. The average molecular weight is 520 g/mol. The van der Waals surface area contributed by atoms with Crippen molar-refractivity contribution in [2.75, 3.05) is 39.8 Å². The molecule has 2 fully saturated rings. The molecule has 0 spiro atoms. The number of furan rings is 1. The van der Waals surface area contributed by atoms with Gasteiger partial charge in [-0.3, -0.25) is 14.5 Å². The Hall–Kier alpha value is -1.94. The van der Waals surface area contributed by atoms with E-state index in [1.807, 2.05) is 41.3 Å². The van der Waals surface area contributed by atoms with Gasteiger partial charge in [0, 0.05) is 55.3 Å². The van der Waals surface area contributed by atoms with Crippen LogP contribution in [-0.4, -0.2) is 70.6 Å². The van der Waals surface area contributed by atoms with E-state index in [1.54, 1.807) is 6.08 Å². The first-order valence-corrected chi connectivity index (χ1v) is 12.0. The molecular weight excluding hydrogens is 498 g/mol. The summed E-state index contributed by atoms with van der Waals surface area (Å²) in [6.45, 7) is 3.51. The molecule has 3 heterocycles. The van der Waals surface area contributed by atoms with E-state index < -0.39 is 0 Å². The highest BCUT2D eigenvalue weighted by molar-refractivity contribution is 9.10. The van der Waals surface area contributed by atoms with Crippen LogP contribution in [-0.2, 0) is 9.59 Å². The summed E-state index contributed by atoms with van der Waals surface area (Å²) < 4.78 is 7.36. The highest BCUT2D eigenvalue weighted by Crippen LogP contribution is 2.34. The van der Waals surface area contributed by atoms with E-state index >= 15 is 0 Å². The van der Waals surface area contributed by atoms with Crippen molar-refractivity contribution in [2.45, 2.75) is 6.42 Å². The second-order valence-electron chi connectivity index (χ2n) is 7.48. The zero-order chi connectivity index (χ0) is 22.0. The standard InChI is InChI=1S/C22H22BrN3O3S2/c1-24-10-12-25(13-11-24)20(27)8-9-26-21(28)19(31-22(26)30)14-17-6-7-18(29-17)15-2-4-16(23)5-3-15/h2-7,14H,8-13H2,1H3/b19-14+. The predicted octanol–water partition coefficient (Wildman–Crippen LogP) is 4.07. The van der Waals surface area contributed by atoms with Crippen LogP contribution in [0.2, 0.25) is 0 Å². The third-order valence-corrected chi connectivity index (χ3v) is 7.21. The van der Waals surface area contributed by atoms with Gasteiger partial charge >= 0.3 is 0 Å². The first-order chi connectivity index (χ1) is 14.9. The Morgan fingerprint density at radius 3 is 2.58 bits per heavy atom. The second-order valence-corrected chi connectivity index (χ2v) is 10.1. The Morgan fingerprint density at radius 1 is 1.16 bits per heavy atom. The maximum absolute atomic E-state index is 12.8. The number of thiocarbonyl (C=S) groups is 1. The van der Waals surface area contributed by atoms with Crippen molar-refractivity contribution in [2.24, 2.45) is 0 Å². The van der Waals surface area contributed by atoms with Crippen LogP contribution in [0.3, 0.4) is 0 Å². The number of hydrogen-bond acceptors (Lipinski definition) is 6. The van der Waals surface area contributed by atoms with E-state index in [0.717, 1.165) is 42.0 Å². The van der Waals surface area contributed by atoms with Crippen molar-refractivity contribution >= 4 is 62.1 Å². The minimum atomic E-state index is -0.178. The van der Waals surface area contributed by atoms with Gasteiger partial charge in [-0.15, -0.1) is 0 Å². The quantitative estimate of drug-likeness (QED) is 0.438. The number of nitrogens with zero attached hydrogens (tertiary/aromatic N) is 3. The molecule has 0 atom stereocenters. The zero-order valence-electron chi connectivity index (χ0n) is 17.0. The van der Waals surface area contributed by atoms with E-state index in [1.165, 1.54) is 16.7 Å². The highest BCUT2D eigenvalue weighted by Gasteiger charge is 2.33. The van der Waals surface area contributed by atoms with Gasteiger partial charge in [-0.25, -0.2) is 0 Å². The van der Waals surface area contributed by atoms with Crippen molar-refractivity contribution in [1.29, 1.82) is 0 Å². The minimum Gasteiger partial charge on any atom is -0.457 e. The van der Waals surface area contributed by atoms with Crippen molar-refractivity contribution < 1.29 is 14.0 Å². The number of carbonyl (C=O) groups is 2. The number of benzene rings is 1. The summed E-state index contributed by atoms with van der Waals surface area (Å²) in [5.74, 6) is 1.21. The molecule has 6 nitrogen and oxygen atoms in total. The average Bonchev–Trinajstić information content (AvgIpc) is 3.32. The van der Waals surface area contributed by atoms with Crippen LogP contribution in [0.1, 0.15) is 12.2 Å². The maximum atomic E-state index is 12.8. The van der Waals surface area contributed by atoms with Crippen molar-refractivity contribution in [3.05, 3.63) is 51.5 Å².